The number of piperazine rings is 1. The number of nitriles is 1. The standard InChI is InChI=1S/C48H52F2N8O5/c1-47(2)45(48(3,4)46(47)63-39-11-8-30(25-51)41-32(39)6-5-15-52-41)54-42(60)29-7-9-36(34(49)22-29)56-16-13-28(14-17-56)26-55-18-20-57(21-19-55)38-23-31-27-58(44(62)33(31)24-35(38)50)37-10-12-40(59)53-43(37)61/h5-9,11,15,22-24,28,37,45-46H,10,12-14,16-21,26-27H2,1-4H3,(H,54,60)(H,53,59,61)/t37-,45-,46-/m0/s1. The Labute approximate surface area is 365 Å². The van der Waals surface area contributed by atoms with E-state index in [9.17, 15) is 24.4 Å². The van der Waals surface area contributed by atoms with Gasteiger partial charge in [-0.3, -0.25) is 34.4 Å². The van der Waals surface area contributed by atoms with Crippen molar-refractivity contribution in [3.63, 3.8) is 0 Å². The summed E-state index contributed by atoms with van der Waals surface area (Å²) in [5.41, 5.74) is 2.26. The summed E-state index contributed by atoms with van der Waals surface area (Å²) >= 11 is 0. The molecule has 1 atom stereocenters. The number of aromatic nitrogens is 1. The molecule has 2 N–H and O–H groups in total. The predicted octanol–water partition coefficient (Wildman–Crippen LogP) is 5.80. The first kappa shape index (κ1) is 42.2. The van der Waals surface area contributed by atoms with Gasteiger partial charge in [0.05, 0.1) is 22.5 Å². The Kier molecular flexibility index (Phi) is 10.8. The minimum absolute atomic E-state index is 0.159. The number of pyridine rings is 1. The summed E-state index contributed by atoms with van der Waals surface area (Å²) in [4.78, 5) is 63.2. The number of imide groups is 1. The average molecular weight is 859 g/mol. The Bertz CT molecular complexity index is 2540. The first-order chi connectivity index (χ1) is 30.1. The Morgan fingerprint density at radius 1 is 0.905 bits per heavy atom. The molecule has 328 valence electrons. The third-order valence-electron chi connectivity index (χ3n) is 14.2. The number of benzene rings is 3. The predicted molar refractivity (Wildman–Crippen MR) is 232 cm³/mol. The molecule has 1 aromatic heterocycles. The Morgan fingerprint density at radius 3 is 2.32 bits per heavy atom. The molecule has 0 unspecified atom stereocenters. The van der Waals surface area contributed by atoms with Crippen LogP contribution in [-0.4, -0.2) is 102 Å². The number of hydrogen-bond acceptors (Lipinski definition) is 10. The van der Waals surface area contributed by atoms with Gasteiger partial charge in [0, 0.05) is 98.4 Å². The van der Waals surface area contributed by atoms with Crippen molar-refractivity contribution >= 4 is 45.9 Å². The van der Waals surface area contributed by atoms with E-state index in [1.165, 1.54) is 17.0 Å². The Balaban J connectivity index is 0.755. The van der Waals surface area contributed by atoms with Crippen LogP contribution < -0.4 is 25.2 Å². The van der Waals surface area contributed by atoms with E-state index in [1.54, 1.807) is 36.5 Å². The van der Waals surface area contributed by atoms with Gasteiger partial charge in [-0.2, -0.15) is 5.26 Å². The van der Waals surface area contributed by atoms with E-state index in [2.05, 4.69) is 59.2 Å². The highest BCUT2D eigenvalue weighted by atomic mass is 19.1. The molecule has 1 saturated carbocycles. The third kappa shape index (κ3) is 7.62. The second-order valence-corrected chi connectivity index (χ2v) is 18.9. The fourth-order valence-electron chi connectivity index (χ4n) is 11.1. The lowest BCUT2D eigenvalue weighted by molar-refractivity contribution is -0.163. The largest absolute Gasteiger partial charge is 0.488 e. The molecule has 1 aliphatic carbocycles. The number of piperidine rings is 2. The zero-order valence-corrected chi connectivity index (χ0v) is 36.0. The summed E-state index contributed by atoms with van der Waals surface area (Å²) in [6.45, 7) is 13.4. The Morgan fingerprint density at radius 2 is 1.62 bits per heavy atom. The molecular formula is C48H52F2N8O5. The molecule has 0 bridgehead atoms. The molecule has 63 heavy (non-hydrogen) atoms. The number of carbonyl (C=O) groups is 4. The SMILES string of the molecule is CC1(C)[C@H](NC(=O)c2ccc(N3CCC(CN4CCN(c5cc6c(cc5F)C(=O)N([C@H]5CCC(=O)NC5=O)C6)CC4)CC3)c(F)c2)C(C)(C)[C@H]1Oc1ccc(C#N)c2ncccc12. The lowest BCUT2D eigenvalue weighted by Crippen LogP contribution is -2.74. The fraction of sp³-hybridized carbons (Fsp3) is 0.458. The highest BCUT2D eigenvalue weighted by Gasteiger charge is 2.64. The molecule has 5 heterocycles. The minimum atomic E-state index is -0.749. The van der Waals surface area contributed by atoms with Crippen molar-refractivity contribution in [2.24, 2.45) is 16.7 Å². The average Bonchev–Trinajstić information content (AvgIpc) is 3.58. The summed E-state index contributed by atoms with van der Waals surface area (Å²) in [5, 5.41) is 15.8. The molecule has 4 aromatic rings. The number of hydrogen-bond donors (Lipinski definition) is 2. The number of rotatable bonds is 9. The molecule has 5 aliphatic rings. The van der Waals surface area contributed by atoms with Crippen LogP contribution in [0.2, 0.25) is 0 Å². The molecule has 4 fully saturated rings. The van der Waals surface area contributed by atoms with E-state index in [-0.39, 0.29) is 54.5 Å². The molecule has 9 rings (SSSR count). The lowest BCUT2D eigenvalue weighted by atomic mass is 9.49. The topological polar surface area (TPSA) is 151 Å². The second kappa shape index (κ2) is 16.2. The zero-order valence-electron chi connectivity index (χ0n) is 36.0. The van der Waals surface area contributed by atoms with E-state index < -0.39 is 40.3 Å². The van der Waals surface area contributed by atoms with Crippen molar-refractivity contribution in [1.82, 2.24) is 25.4 Å². The normalized spacial score (nSPS) is 23.5. The number of ether oxygens (including phenoxy) is 1. The molecule has 0 radical (unpaired) electrons. The molecule has 13 nitrogen and oxygen atoms in total. The van der Waals surface area contributed by atoms with Crippen LogP contribution in [-0.2, 0) is 16.1 Å². The van der Waals surface area contributed by atoms with Crippen LogP contribution in [0.25, 0.3) is 10.9 Å². The summed E-state index contributed by atoms with van der Waals surface area (Å²) in [6.07, 6.45) is 3.58. The molecule has 4 amide bonds. The number of amides is 4. The summed E-state index contributed by atoms with van der Waals surface area (Å²) < 4.78 is 37.9. The van der Waals surface area contributed by atoms with Crippen LogP contribution >= 0.6 is 0 Å². The fourth-order valence-corrected chi connectivity index (χ4v) is 11.1. The van der Waals surface area contributed by atoms with Crippen molar-refractivity contribution in [3.8, 4) is 11.8 Å². The van der Waals surface area contributed by atoms with Gasteiger partial charge in [-0.1, -0.05) is 27.7 Å². The molecule has 3 aromatic carbocycles. The first-order valence-corrected chi connectivity index (χ1v) is 21.9. The maximum atomic E-state index is 15.8. The van der Waals surface area contributed by atoms with Gasteiger partial charge in [0.1, 0.15) is 35.6 Å². The maximum absolute atomic E-state index is 15.8. The van der Waals surface area contributed by atoms with Crippen LogP contribution in [0.4, 0.5) is 20.2 Å². The van der Waals surface area contributed by atoms with Gasteiger partial charge in [0.15, 0.2) is 0 Å². The van der Waals surface area contributed by atoms with Gasteiger partial charge in [-0.05, 0) is 85.3 Å². The van der Waals surface area contributed by atoms with Crippen LogP contribution in [0.1, 0.15) is 85.2 Å². The smallest absolute Gasteiger partial charge is 0.255 e. The van der Waals surface area contributed by atoms with Crippen molar-refractivity contribution in [2.75, 3.05) is 55.6 Å². The number of halogens is 2. The minimum Gasteiger partial charge on any atom is -0.488 e. The molecule has 4 aliphatic heterocycles. The van der Waals surface area contributed by atoms with Crippen molar-refractivity contribution < 1.29 is 32.7 Å². The van der Waals surface area contributed by atoms with E-state index in [0.717, 1.165) is 37.9 Å². The highest BCUT2D eigenvalue weighted by Crippen LogP contribution is 2.56. The number of nitrogens with one attached hydrogen (secondary N) is 2. The van der Waals surface area contributed by atoms with Crippen LogP contribution in [0.5, 0.6) is 5.75 Å². The van der Waals surface area contributed by atoms with Gasteiger partial charge >= 0.3 is 0 Å². The second-order valence-electron chi connectivity index (χ2n) is 18.9. The Hall–Kier alpha value is -6.14. The molecule has 3 saturated heterocycles. The third-order valence-corrected chi connectivity index (χ3v) is 14.2. The first-order valence-electron chi connectivity index (χ1n) is 21.9. The number of fused-ring (bicyclic) bond motifs is 2. The molecular weight excluding hydrogens is 807 g/mol. The van der Waals surface area contributed by atoms with Gasteiger partial charge in [-0.15, -0.1) is 0 Å². The van der Waals surface area contributed by atoms with Crippen LogP contribution in [0.3, 0.4) is 0 Å². The van der Waals surface area contributed by atoms with E-state index in [0.29, 0.717) is 65.9 Å². The monoisotopic (exact) mass is 858 g/mol. The van der Waals surface area contributed by atoms with Gasteiger partial charge in [-0.25, -0.2) is 8.78 Å². The van der Waals surface area contributed by atoms with E-state index >= 15 is 8.78 Å². The summed E-state index contributed by atoms with van der Waals surface area (Å²) in [6, 6.07) is 16.1. The zero-order chi connectivity index (χ0) is 44.4. The van der Waals surface area contributed by atoms with Crippen molar-refractivity contribution in [1.29, 1.82) is 5.26 Å². The summed E-state index contributed by atoms with van der Waals surface area (Å²) in [7, 11) is 0. The summed E-state index contributed by atoms with van der Waals surface area (Å²) in [5.74, 6) is -1.42. The van der Waals surface area contributed by atoms with E-state index in [1.807, 2.05) is 17.0 Å². The maximum Gasteiger partial charge on any atom is 0.255 e. The molecule has 0 spiro atoms. The molecule has 15 heteroatoms. The van der Waals surface area contributed by atoms with Gasteiger partial charge in [0.2, 0.25) is 11.8 Å². The van der Waals surface area contributed by atoms with Gasteiger partial charge in [0.25, 0.3) is 11.8 Å². The van der Waals surface area contributed by atoms with Crippen molar-refractivity contribution in [2.45, 2.75) is 78.1 Å². The number of carbonyl (C=O) groups excluding carboxylic acids is 4. The number of nitrogens with zero attached hydrogens (tertiary/aromatic N) is 6. The van der Waals surface area contributed by atoms with Crippen LogP contribution in [0.15, 0.2) is 60.8 Å². The number of anilines is 2. The quantitative estimate of drug-likeness (QED) is 0.198. The van der Waals surface area contributed by atoms with Crippen molar-refractivity contribution in [3.05, 3.63) is 94.7 Å². The van der Waals surface area contributed by atoms with E-state index in [4.69, 9.17) is 4.74 Å². The highest BCUT2D eigenvalue weighted by molar-refractivity contribution is 6.05. The lowest BCUT2D eigenvalue weighted by Gasteiger charge is -2.63. The van der Waals surface area contributed by atoms with Gasteiger partial charge < -0.3 is 24.8 Å². The van der Waals surface area contributed by atoms with Crippen LogP contribution in [0, 0.1) is 39.7 Å².